The fourth-order valence-electron chi connectivity index (χ4n) is 2.83. The van der Waals surface area contributed by atoms with Crippen LogP contribution in [0.15, 0.2) is 42.9 Å². The minimum atomic E-state index is -0.432. The van der Waals surface area contributed by atoms with Gasteiger partial charge in [-0.1, -0.05) is 6.92 Å². The Kier molecular flexibility index (Phi) is 3.41. The van der Waals surface area contributed by atoms with Gasteiger partial charge < -0.3 is 4.74 Å². The predicted octanol–water partition coefficient (Wildman–Crippen LogP) is 3.27. The van der Waals surface area contributed by atoms with Gasteiger partial charge in [-0.15, -0.1) is 0 Å². The van der Waals surface area contributed by atoms with Crippen molar-refractivity contribution in [3.8, 4) is 11.1 Å². The van der Waals surface area contributed by atoms with Crippen molar-refractivity contribution in [1.29, 1.82) is 0 Å². The molecule has 24 heavy (non-hydrogen) atoms. The second kappa shape index (κ2) is 5.59. The van der Waals surface area contributed by atoms with Gasteiger partial charge in [-0.25, -0.2) is 18.7 Å². The van der Waals surface area contributed by atoms with Crippen molar-refractivity contribution in [3.63, 3.8) is 0 Å². The summed E-state index contributed by atoms with van der Waals surface area (Å²) in [6.45, 7) is 2.39. The Hall–Kier alpha value is -2.96. The molecule has 6 nitrogen and oxygen atoms in total. The van der Waals surface area contributed by atoms with Crippen molar-refractivity contribution in [2.24, 2.45) is 0 Å². The number of aromatic nitrogens is 3. The average Bonchev–Trinajstić information content (AvgIpc) is 3.20. The van der Waals surface area contributed by atoms with Gasteiger partial charge in [0.2, 0.25) is 0 Å². The summed E-state index contributed by atoms with van der Waals surface area (Å²) in [5, 5.41) is 4.02. The van der Waals surface area contributed by atoms with Crippen LogP contribution < -0.4 is 4.90 Å². The molecule has 3 heterocycles. The largest absolute Gasteiger partial charge is 0.444 e. The van der Waals surface area contributed by atoms with Gasteiger partial charge >= 0.3 is 6.09 Å². The van der Waals surface area contributed by atoms with E-state index in [1.165, 1.54) is 17.3 Å². The van der Waals surface area contributed by atoms with E-state index in [0.29, 0.717) is 29.0 Å². The van der Waals surface area contributed by atoms with Crippen molar-refractivity contribution in [1.82, 2.24) is 14.6 Å². The molecule has 1 aliphatic rings. The number of nitrogens with zero attached hydrogens (tertiary/aromatic N) is 4. The van der Waals surface area contributed by atoms with Gasteiger partial charge in [0.15, 0.2) is 5.65 Å². The summed E-state index contributed by atoms with van der Waals surface area (Å²) in [6, 6.07) is 8.30. The number of ether oxygens (including phenoxy) is 1. The second-order valence-electron chi connectivity index (χ2n) is 5.67. The first-order valence-electron chi connectivity index (χ1n) is 7.73. The Morgan fingerprint density at radius 3 is 2.96 bits per heavy atom. The lowest BCUT2D eigenvalue weighted by atomic mass is 10.1. The molecule has 0 saturated carbocycles. The Bertz CT molecular complexity index is 924. The zero-order chi connectivity index (χ0) is 16.7. The maximum Gasteiger partial charge on any atom is 0.414 e. The van der Waals surface area contributed by atoms with Gasteiger partial charge in [-0.05, 0) is 42.3 Å². The number of fused-ring (bicyclic) bond motifs is 1. The van der Waals surface area contributed by atoms with Gasteiger partial charge in [-0.3, -0.25) is 4.90 Å². The molecule has 0 unspecified atom stereocenters. The molecule has 0 radical (unpaired) electrons. The van der Waals surface area contributed by atoms with E-state index < -0.39 is 11.9 Å². The highest BCUT2D eigenvalue weighted by Crippen LogP contribution is 2.29. The number of carbonyl (C=O) groups excluding carboxylic acids is 1. The number of cyclic esters (lactones) is 1. The summed E-state index contributed by atoms with van der Waals surface area (Å²) in [4.78, 5) is 17.5. The fourth-order valence-corrected chi connectivity index (χ4v) is 2.83. The molecule has 1 aliphatic heterocycles. The van der Waals surface area contributed by atoms with Gasteiger partial charge in [0.1, 0.15) is 18.2 Å². The molecule has 4 rings (SSSR count). The zero-order valence-electron chi connectivity index (χ0n) is 13.0. The first-order chi connectivity index (χ1) is 11.7. The molecule has 0 spiro atoms. The standard InChI is InChI=1S/C17H15FN4O2/c1-2-13-9-21(17(23)24-13)12-3-4-14(15(18)8-12)11-5-6-22-16(7-11)19-10-20-22/h3-8,10,13H,2,9H2,1H3/t13-/m0/s1. The Labute approximate surface area is 137 Å². The van der Waals surface area contributed by atoms with Crippen LogP contribution in [0.5, 0.6) is 0 Å². The van der Waals surface area contributed by atoms with E-state index in [9.17, 15) is 9.18 Å². The Morgan fingerprint density at radius 1 is 1.33 bits per heavy atom. The van der Waals surface area contributed by atoms with E-state index in [-0.39, 0.29) is 6.10 Å². The number of halogens is 1. The normalized spacial score (nSPS) is 17.5. The minimum absolute atomic E-state index is 0.143. The molecular formula is C17H15FN4O2. The summed E-state index contributed by atoms with van der Waals surface area (Å²) < 4.78 is 21.4. The van der Waals surface area contributed by atoms with E-state index in [0.717, 1.165) is 6.42 Å². The van der Waals surface area contributed by atoms with Crippen LogP contribution in [0.25, 0.3) is 16.8 Å². The molecule has 1 aromatic carbocycles. The van der Waals surface area contributed by atoms with E-state index in [2.05, 4.69) is 10.1 Å². The lowest BCUT2D eigenvalue weighted by molar-refractivity contribution is 0.139. The molecule has 0 aliphatic carbocycles. The number of pyridine rings is 1. The highest BCUT2D eigenvalue weighted by Gasteiger charge is 2.31. The summed E-state index contributed by atoms with van der Waals surface area (Å²) in [5.41, 5.74) is 2.30. The summed E-state index contributed by atoms with van der Waals surface area (Å²) >= 11 is 0. The molecule has 1 saturated heterocycles. The molecule has 0 bridgehead atoms. The zero-order valence-corrected chi connectivity index (χ0v) is 13.0. The van der Waals surface area contributed by atoms with Crippen LogP contribution in [-0.2, 0) is 4.74 Å². The highest BCUT2D eigenvalue weighted by molar-refractivity contribution is 5.90. The van der Waals surface area contributed by atoms with Gasteiger partial charge in [0, 0.05) is 11.8 Å². The van der Waals surface area contributed by atoms with Crippen molar-refractivity contribution in [2.75, 3.05) is 11.4 Å². The third kappa shape index (κ3) is 2.38. The van der Waals surface area contributed by atoms with Crippen molar-refractivity contribution < 1.29 is 13.9 Å². The third-order valence-electron chi connectivity index (χ3n) is 4.19. The topological polar surface area (TPSA) is 59.7 Å². The van der Waals surface area contributed by atoms with Crippen molar-refractivity contribution in [3.05, 3.63) is 48.7 Å². The maximum absolute atomic E-state index is 14.6. The van der Waals surface area contributed by atoms with E-state index >= 15 is 0 Å². The Morgan fingerprint density at radius 2 is 2.21 bits per heavy atom. The van der Waals surface area contributed by atoms with Gasteiger partial charge in [0.05, 0.1) is 12.2 Å². The summed E-state index contributed by atoms with van der Waals surface area (Å²) in [6.07, 6.45) is 3.34. The molecule has 1 atom stereocenters. The van der Waals surface area contributed by atoms with Crippen LogP contribution in [0, 0.1) is 5.82 Å². The van der Waals surface area contributed by atoms with Gasteiger partial charge in [-0.2, -0.15) is 5.10 Å². The molecule has 122 valence electrons. The van der Waals surface area contributed by atoms with Gasteiger partial charge in [0.25, 0.3) is 0 Å². The number of hydrogen-bond donors (Lipinski definition) is 0. The van der Waals surface area contributed by atoms with E-state index in [4.69, 9.17) is 4.74 Å². The maximum atomic E-state index is 14.6. The van der Waals surface area contributed by atoms with Crippen LogP contribution in [0.1, 0.15) is 13.3 Å². The van der Waals surface area contributed by atoms with E-state index in [1.807, 2.05) is 6.92 Å². The smallest absolute Gasteiger partial charge is 0.414 e. The number of rotatable bonds is 3. The van der Waals surface area contributed by atoms with Crippen LogP contribution in [-0.4, -0.2) is 33.3 Å². The number of benzene rings is 1. The number of anilines is 1. The van der Waals surface area contributed by atoms with Crippen molar-refractivity contribution in [2.45, 2.75) is 19.4 Å². The SMILES string of the molecule is CC[C@H]1CN(c2ccc(-c3ccn4ncnc4c3)c(F)c2)C(=O)O1. The first kappa shape index (κ1) is 14.6. The average molecular weight is 326 g/mol. The lowest BCUT2D eigenvalue weighted by Gasteiger charge is -2.14. The van der Waals surface area contributed by atoms with Crippen LogP contribution in [0.4, 0.5) is 14.9 Å². The molecular weight excluding hydrogens is 311 g/mol. The molecule has 1 amide bonds. The third-order valence-corrected chi connectivity index (χ3v) is 4.19. The predicted molar refractivity (Wildman–Crippen MR) is 86.3 cm³/mol. The summed E-state index contributed by atoms with van der Waals surface area (Å²) in [5.74, 6) is -0.399. The molecule has 7 heteroatoms. The molecule has 2 aromatic heterocycles. The molecule has 3 aromatic rings. The number of carbonyl (C=O) groups is 1. The fraction of sp³-hybridized carbons (Fsp3) is 0.235. The molecule has 0 N–H and O–H groups in total. The quantitative estimate of drug-likeness (QED) is 0.741. The van der Waals surface area contributed by atoms with Crippen molar-refractivity contribution >= 4 is 17.4 Å². The van der Waals surface area contributed by atoms with Crippen LogP contribution in [0.2, 0.25) is 0 Å². The number of hydrogen-bond acceptors (Lipinski definition) is 4. The van der Waals surface area contributed by atoms with Crippen LogP contribution >= 0.6 is 0 Å². The monoisotopic (exact) mass is 326 g/mol. The van der Waals surface area contributed by atoms with E-state index in [1.54, 1.807) is 35.0 Å². The number of amides is 1. The first-order valence-corrected chi connectivity index (χ1v) is 7.73. The minimum Gasteiger partial charge on any atom is -0.444 e. The highest BCUT2D eigenvalue weighted by atomic mass is 19.1. The summed E-state index contributed by atoms with van der Waals surface area (Å²) in [7, 11) is 0. The second-order valence-corrected chi connectivity index (χ2v) is 5.67. The molecule has 1 fully saturated rings. The van der Waals surface area contributed by atoms with Crippen LogP contribution in [0.3, 0.4) is 0 Å². The Balaban J connectivity index is 1.68. The lowest BCUT2D eigenvalue weighted by Crippen LogP contribution is -2.24.